The molecule has 1 aliphatic carbocycles. The Kier molecular flexibility index (Phi) is 5.99. The number of methoxy groups -OCH3 is 1. The summed E-state index contributed by atoms with van der Waals surface area (Å²) in [6.45, 7) is 8.08. The number of carbonyl (C=O) groups is 1. The normalized spacial score (nSPS) is 24.8. The van der Waals surface area contributed by atoms with Crippen LogP contribution in [0.4, 0.5) is 0 Å². The molecule has 0 aliphatic heterocycles. The van der Waals surface area contributed by atoms with Crippen molar-refractivity contribution in [1.29, 1.82) is 0 Å². The maximum atomic E-state index is 13.0. The smallest absolute Gasteiger partial charge is 0.342 e. The highest BCUT2D eigenvalue weighted by Gasteiger charge is 2.40. The first-order valence-electron chi connectivity index (χ1n) is 10.2. The van der Waals surface area contributed by atoms with E-state index in [-0.39, 0.29) is 6.10 Å². The Morgan fingerprint density at radius 1 is 1.14 bits per heavy atom. The van der Waals surface area contributed by atoms with Crippen LogP contribution in [0.5, 0.6) is 5.75 Å². The molecule has 0 bridgehead atoms. The zero-order valence-corrected chi connectivity index (χ0v) is 17.6. The summed E-state index contributed by atoms with van der Waals surface area (Å²) < 4.78 is 11.2. The first-order valence-corrected chi connectivity index (χ1v) is 10.2. The fourth-order valence-electron chi connectivity index (χ4n) is 4.27. The molecule has 0 saturated heterocycles. The number of fused-ring (bicyclic) bond motifs is 1. The monoisotopic (exact) mass is 384 g/mol. The summed E-state index contributed by atoms with van der Waals surface area (Å²) in [5, 5.41) is 13.0. The van der Waals surface area contributed by atoms with Crippen molar-refractivity contribution in [2.75, 3.05) is 7.11 Å². The van der Waals surface area contributed by atoms with Gasteiger partial charge in [0, 0.05) is 0 Å². The minimum Gasteiger partial charge on any atom is -0.497 e. The van der Waals surface area contributed by atoms with Crippen LogP contribution in [-0.2, 0) is 15.1 Å². The van der Waals surface area contributed by atoms with E-state index in [1.54, 1.807) is 13.2 Å². The third-order valence-corrected chi connectivity index (χ3v) is 6.23. The van der Waals surface area contributed by atoms with Crippen molar-refractivity contribution in [1.82, 2.24) is 0 Å². The van der Waals surface area contributed by atoms with Crippen LogP contribution in [-0.4, -0.2) is 24.3 Å². The number of esters is 1. The van der Waals surface area contributed by atoms with Crippen LogP contribution in [0.15, 0.2) is 36.4 Å². The fourth-order valence-corrected chi connectivity index (χ4v) is 4.27. The molecule has 0 spiro atoms. The number of rotatable bonds is 5. The van der Waals surface area contributed by atoms with Gasteiger partial charge in [0.15, 0.2) is 5.60 Å². The Bertz CT molecular complexity index is 840. The van der Waals surface area contributed by atoms with Gasteiger partial charge in [0.25, 0.3) is 0 Å². The van der Waals surface area contributed by atoms with Crippen molar-refractivity contribution in [3.63, 3.8) is 0 Å². The quantitative estimate of drug-likeness (QED) is 0.732. The lowest BCUT2D eigenvalue weighted by Crippen LogP contribution is -2.42. The second-order valence-corrected chi connectivity index (χ2v) is 8.77. The standard InChI is InChI=1S/C24H32O4/c1-15(2)21-11-6-16(3)12-22(21)28-23(25)24(4,26)19-9-7-18-14-20(27-5)10-8-17(18)13-19/h7-10,13-16,21-22,26H,6,11-12H2,1-5H3/t16-,21+,22-,24-/m1/s1. The van der Waals surface area contributed by atoms with Gasteiger partial charge in [-0.1, -0.05) is 45.4 Å². The lowest BCUT2D eigenvalue weighted by molar-refractivity contribution is -0.177. The number of carbonyl (C=O) groups excluding carboxylic acids is 1. The zero-order chi connectivity index (χ0) is 20.5. The van der Waals surface area contributed by atoms with Crippen molar-refractivity contribution in [2.45, 2.75) is 58.7 Å². The number of benzene rings is 2. The maximum absolute atomic E-state index is 13.0. The van der Waals surface area contributed by atoms with Gasteiger partial charge in [-0.15, -0.1) is 0 Å². The molecule has 0 radical (unpaired) electrons. The molecule has 0 unspecified atom stereocenters. The maximum Gasteiger partial charge on any atom is 0.342 e. The van der Waals surface area contributed by atoms with Crippen molar-refractivity contribution < 1.29 is 19.4 Å². The van der Waals surface area contributed by atoms with E-state index < -0.39 is 11.6 Å². The Morgan fingerprint density at radius 2 is 1.82 bits per heavy atom. The molecule has 1 N–H and O–H groups in total. The van der Waals surface area contributed by atoms with Gasteiger partial charge in [-0.05, 0) is 72.1 Å². The topological polar surface area (TPSA) is 55.8 Å². The largest absolute Gasteiger partial charge is 0.497 e. The summed E-state index contributed by atoms with van der Waals surface area (Å²) >= 11 is 0. The van der Waals surface area contributed by atoms with Crippen LogP contribution in [0.25, 0.3) is 10.8 Å². The Morgan fingerprint density at radius 3 is 2.50 bits per heavy atom. The number of aliphatic hydroxyl groups is 1. The molecular weight excluding hydrogens is 352 g/mol. The number of ether oxygens (including phenoxy) is 2. The third-order valence-electron chi connectivity index (χ3n) is 6.23. The average Bonchev–Trinajstić information content (AvgIpc) is 2.66. The molecule has 0 aromatic heterocycles. The minimum atomic E-state index is -1.68. The van der Waals surface area contributed by atoms with E-state index in [0.717, 1.165) is 29.4 Å². The molecule has 0 heterocycles. The van der Waals surface area contributed by atoms with Gasteiger partial charge in [-0.2, -0.15) is 0 Å². The average molecular weight is 385 g/mol. The predicted octanol–water partition coefficient (Wildman–Crippen LogP) is 5.06. The van der Waals surface area contributed by atoms with Gasteiger partial charge < -0.3 is 14.6 Å². The zero-order valence-electron chi connectivity index (χ0n) is 17.6. The highest BCUT2D eigenvalue weighted by molar-refractivity contribution is 5.87. The number of hydrogen-bond donors (Lipinski definition) is 1. The van der Waals surface area contributed by atoms with E-state index in [4.69, 9.17) is 9.47 Å². The van der Waals surface area contributed by atoms with Crippen LogP contribution in [0.2, 0.25) is 0 Å². The van der Waals surface area contributed by atoms with Crippen molar-refractivity contribution in [3.05, 3.63) is 42.0 Å². The van der Waals surface area contributed by atoms with Gasteiger partial charge in [0.1, 0.15) is 11.9 Å². The molecule has 4 nitrogen and oxygen atoms in total. The predicted molar refractivity (Wildman–Crippen MR) is 111 cm³/mol. The molecule has 2 aromatic carbocycles. The lowest BCUT2D eigenvalue weighted by Gasteiger charge is -2.38. The molecule has 3 rings (SSSR count). The Hall–Kier alpha value is -2.07. The molecular formula is C24H32O4. The van der Waals surface area contributed by atoms with Crippen molar-refractivity contribution >= 4 is 16.7 Å². The highest BCUT2D eigenvalue weighted by Crippen LogP contribution is 2.37. The van der Waals surface area contributed by atoms with E-state index in [1.165, 1.54) is 13.3 Å². The van der Waals surface area contributed by atoms with Crippen LogP contribution in [0.1, 0.15) is 52.5 Å². The highest BCUT2D eigenvalue weighted by atomic mass is 16.6. The molecule has 0 amide bonds. The Labute approximate surface area is 167 Å². The summed E-state index contributed by atoms with van der Waals surface area (Å²) in [4.78, 5) is 13.0. The van der Waals surface area contributed by atoms with Crippen LogP contribution >= 0.6 is 0 Å². The first kappa shape index (κ1) is 20.7. The molecule has 1 fully saturated rings. The van der Waals surface area contributed by atoms with E-state index in [0.29, 0.717) is 23.3 Å². The second kappa shape index (κ2) is 8.12. The number of hydrogen-bond acceptors (Lipinski definition) is 4. The summed E-state index contributed by atoms with van der Waals surface area (Å²) in [7, 11) is 1.63. The van der Waals surface area contributed by atoms with E-state index in [2.05, 4.69) is 20.8 Å². The van der Waals surface area contributed by atoms with Crippen molar-refractivity contribution in [2.24, 2.45) is 17.8 Å². The second-order valence-electron chi connectivity index (χ2n) is 8.77. The Balaban J connectivity index is 1.82. The fraction of sp³-hybridized carbons (Fsp3) is 0.542. The molecule has 1 aliphatic rings. The lowest BCUT2D eigenvalue weighted by atomic mass is 9.75. The van der Waals surface area contributed by atoms with E-state index in [9.17, 15) is 9.90 Å². The summed E-state index contributed by atoms with van der Waals surface area (Å²) in [5.74, 6) is 1.54. The summed E-state index contributed by atoms with van der Waals surface area (Å²) in [6, 6.07) is 11.3. The van der Waals surface area contributed by atoms with Gasteiger partial charge in [-0.3, -0.25) is 0 Å². The SMILES string of the molecule is COc1ccc2cc([C@@](C)(O)C(=O)O[C@@H]3C[C@H](C)CC[C@H]3C(C)C)ccc2c1. The van der Waals surface area contributed by atoms with Crippen LogP contribution in [0, 0.1) is 17.8 Å². The van der Waals surface area contributed by atoms with Crippen molar-refractivity contribution in [3.8, 4) is 5.75 Å². The molecule has 28 heavy (non-hydrogen) atoms. The van der Waals surface area contributed by atoms with Gasteiger partial charge in [0.2, 0.25) is 0 Å². The van der Waals surface area contributed by atoms with E-state index in [1.807, 2.05) is 30.3 Å². The molecule has 152 valence electrons. The molecule has 2 aromatic rings. The van der Waals surface area contributed by atoms with Crippen LogP contribution in [0.3, 0.4) is 0 Å². The summed E-state index contributed by atoms with van der Waals surface area (Å²) in [6.07, 6.45) is 2.97. The summed E-state index contributed by atoms with van der Waals surface area (Å²) in [5.41, 5.74) is -1.14. The third kappa shape index (κ3) is 4.17. The van der Waals surface area contributed by atoms with E-state index >= 15 is 0 Å². The van der Waals surface area contributed by atoms with Gasteiger partial charge in [0.05, 0.1) is 7.11 Å². The van der Waals surface area contributed by atoms with Gasteiger partial charge >= 0.3 is 5.97 Å². The van der Waals surface area contributed by atoms with Crippen LogP contribution < -0.4 is 4.74 Å². The molecule has 1 saturated carbocycles. The molecule has 4 heteroatoms. The molecule has 4 atom stereocenters. The van der Waals surface area contributed by atoms with Gasteiger partial charge in [-0.25, -0.2) is 4.79 Å². The first-order chi connectivity index (χ1) is 13.2. The minimum absolute atomic E-state index is 0.132.